The molecule has 0 aliphatic rings. The van der Waals surface area contributed by atoms with Crippen molar-refractivity contribution < 1.29 is 13.9 Å². The molecular formula is C4H4FN3O2S. The Morgan fingerprint density at radius 2 is 2.64 bits per heavy atom. The first kappa shape index (κ1) is 7.86. The number of halogens is 1. The molecule has 0 bridgehead atoms. The number of hydrogen-bond donors (Lipinski definition) is 1. The van der Waals surface area contributed by atoms with Crippen molar-refractivity contribution in [2.45, 2.75) is 6.36 Å². The lowest BCUT2D eigenvalue weighted by atomic mass is 10.6. The monoisotopic (exact) mass is 177 g/mol. The maximum Gasteiger partial charge on any atom is 0.317 e. The van der Waals surface area contributed by atoms with E-state index in [0.717, 1.165) is 11.5 Å². The van der Waals surface area contributed by atoms with Crippen molar-refractivity contribution in [3.8, 4) is 5.88 Å². The maximum atomic E-state index is 12.3. The highest BCUT2D eigenvalue weighted by Gasteiger charge is 2.15. The molecule has 1 unspecified atom stereocenters. The molecule has 0 radical (unpaired) electrons. The largest absolute Gasteiger partial charge is 0.432 e. The van der Waals surface area contributed by atoms with Crippen molar-refractivity contribution in [2.24, 2.45) is 5.73 Å². The van der Waals surface area contributed by atoms with Crippen LogP contribution in [0.5, 0.6) is 5.88 Å². The minimum atomic E-state index is -2.15. The summed E-state index contributed by atoms with van der Waals surface area (Å²) in [4.78, 5) is 10.1. The fraction of sp³-hybridized carbons (Fsp3) is 0.250. The van der Waals surface area contributed by atoms with E-state index in [2.05, 4.69) is 20.1 Å². The van der Waals surface area contributed by atoms with E-state index < -0.39 is 12.3 Å². The summed E-state index contributed by atoms with van der Waals surface area (Å²) in [7, 11) is 0. The molecule has 1 heterocycles. The molecule has 1 atom stereocenters. The number of carbonyl (C=O) groups is 1. The minimum absolute atomic E-state index is 0.0405. The Bertz CT molecular complexity index is 239. The normalized spacial score (nSPS) is 12.5. The molecule has 1 rings (SSSR count). The summed E-state index contributed by atoms with van der Waals surface area (Å²) in [6, 6.07) is 0. The molecule has 1 aromatic rings. The topological polar surface area (TPSA) is 78.1 Å². The molecule has 5 nitrogen and oxygen atoms in total. The molecule has 0 aromatic carbocycles. The number of carbonyl (C=O) groups excluding carboxylic acids is 1. The van der Waals surface area contributed by atoms with Crippen LogP contribution in [0.3, 0.4) is 0 Å². The lowest BCUT2D eigenvalue weighted by Crippen LogP contribution is -2.29. The van der Waals surface area contributed by atoms with Gasteiger partial charge in [0.05, 0.1) is 5.38 Å². The van der Waals surface area contributed by atoms with Crippen LogP contribution >= 0.6 is 11.5 Å². The van der Waals surface area contributed by atoms with Crippen LogP contribution in [0.2, 0.25) is 0 Å². The Balaban J connectivity index is 2.50. The molecule has 0 aliphatic heterocycles. The highest BCUT2D eigenvalue weighted by atomic mass is 32.1. The molecule has 11 heavy (non-hydrogen) atoms. The highest BCUT2D eigenvalue weighted by molar-refractivity contribution is 7.03. The average molecular weight is 177 g/mol. The molecule has 0 spiro atoms. The van der Waals surface area contributed by atoms with E-state index in [1.54, 1.807) is 0 Å². The number of amides is 1. The number of alkyl halides is 1. The van der Waals surface area contributed by atoms with Crippen LogP contribution < -0.4 is 10.5 Å². The summed E-state index contributed by atoms with van der Waals surface area (Å²) >= 11 is 0.988. The van der Waals surface area contributed by atoms with Crippen LogP contribution in [0.15, 0.2) is 5.38 Å². The van der Waals surface area contributed by atoms with Crippen molar-refractivity contribution in [2.75, 3.05) is 0 Å². The number of nitrogens with two attached hydrogens (primary N) is 1. The lowest BCUT2D eigenvalue weighted by molar-refractivity contribution is -0.132. The van der Waals surface area contributed by atoms with Crippen molar-refractivity contribution in [1.82, 2.24) is 9.59 Å². The van der Waals surface area contributed by atoms with E-state index in [-0.39, 0.29) is 5.88 Å². The number of ether oxygens (including phenoxy) is 1. The molecule has 0 aliphatic carbocycles. The first-order chi connectivity index (χ1) is 5.20. The quantitative estimate of drug-likeness (QED) is 0.687. The van der Waals surface area contributed by atoms with Gasteiger partial charge in [-0.1, -0.05) is 9.59 Å². The van der Waals surface area contributed by atoms with E-state index in [1.807, 2.05) is 0 Å². The van der Waals surface area contributed by atoms with Crippen molar-refractivity contribution in [3.05, 3.63) is 5.38 Å². The van der Waals surface area contributed by atoms with Gasteiger partial charge >= 0.3 is 6.36 Å². The number of hydrogen-bond acceptors (Lipinski definition) is 5. The molecule has 7 heteroatoms. The van der Waals surface area contributed by atoms with Crippen LogP contribution in [0.25, 0.3) is 0 Å². The zero-order valence-corrected chi connectivity index (χ0v) is 6.05. The predicted octanol–water partition coefficient (Wildman–Crippen LogP) is -0.302. The number of rotatable bonds is 3. The molecule has 2 N–H and O–H groups in total. The van der Waals surface area contributed by atoms with Crippen molar-refractivity contribution in [3.63, 3.8) is 0 Å². The molecule has 60 valence electrons. The standard InChI is InChI=1S/C4H4FN3O2S/c5-3(4(6)9)10-2-1-11-8-7-2/h1,3H,(H2,6,9). The fourth-order valence-electron chi connectivity index (χ4n) is 0.371. The van der Waals surface area contributed by atoms with Gasteiger partial charge in [-0.3, -0.25) is 4.79 Å². The van der Waals surface area contributed by atoms with E-state index in [9.17, 15) is 9.18 Å². The second-order valence-corrected chi connectivity index (χ2v) is 2.19. The Morgan fingerprint density at radius 1 is 1.91 bits per heavy atom. The van der Waals surface area contributed by atoms with Crippen LogP contribution in [-0.4, -0.2) is 21.9 Å². The van der Waals surface area contributed by atoms with E-state index in [0.29, 0.717) is 0 Å². The van der Waals surface area contributed by atoms with Gasteiger partial charge in [0, 0.05) is 0 Å². The Labute approximate surface area is 65.1 Å². The number of nitrogens with zero attached hydrogens (tertiary/aromatic N) is 2. The second kappa shape index (κ2) is 3.24. The van der Waals surface area contributed by atoms with Gasteiger partial charge < -0.3 is 10.5 Å². The second-order valence-electron chi connectivity index (χ2n) is 1.58. The SMILES string of the molecule is NC(=O)C(F)Oc1csnn1. The van der Waals surface area contributed by atoms with Crippen LogP contribution in [0.1, 0.15) is 0 Å². The predicted molar refractivity (Wildman–Crippen MR) is 34.6 cm³/mol. The first-order valence-corrected chi connectivity index (χ1v) is 3.41. The number of primary amides is 1. The summed E-state index contributed by atoms with van der Waals surface area (Å²) in [6.07, 6.45) is -2.15. The van der Waals surface area contributed by atoms with Gasteiger partial charge in [-0.15, -0.1) is 0 Å². The Hall–Kier alpha value is -1.24. The summed E-state index contributed by atoms with van der Waals surface area (Å²) in [6.45, 7) is 0. The lowest BCUT2D eigenvalue weighted by Gasteiger charge is -2.02. The molecule has 0 saturated heterocycles. The minimum Gasteiger partial charge on any atom is -0.432 e. The fourth-order valence-corrected chi connectivity index (χ4v) is 0.739. The molecule has 0 fully saturated rings. The zero-order valence-electron chi connectivity index (χ0n) is 5.23. The summed E-state index contributed by atoms with van der Waals surface area (Å²) in [5.41, 5.74) is 4.57. The van der Waals surface area contributed by atoms with Crippen LogP contribution in [-0.2, 0) is 4.79 Å². The smallest absolute Gasteiger partial charge is 0.317 e. The molecule has 1 aromatic heterocycles. The third kappa shape index (κ3) is 2.11. The maximum absolute atomic E-state index is 12.3. The molecule has 0 saturated carbocycles. The van der Waals surface area contributed by atoms with Crippen molar-refractivity contribution >= 4 is 17.4 Å². The highest BCUT2D eigenvalue weighted by Crippen LogP contribution is 2.09. The summed E-state index contributed by atoms with van der Waals surface area (Å²) in [5, 5.41) is 4.69. The van der Waals surface area contributed by atoms with E-state index in [4.69, 9.17) is 0 Å². The van der Waals surface area contributed by atoms with Gasteiger partial charge in [-0.25, -0.2) is 0 Å². The molecular weight excluding hydrogens is 173 g/mol. The molecule has 1 amide bonds. The Morgan fingerprint density at radius 3 is 3.09 bits per heavy atom. The third-order valence-corrected chi connectivity index (χ3v) is 1.27. The zero-order chi connectivity index (χ0) is 8.27. The van der Waals surface area contributed by atoms with Gasteiger partial charge in [0.2, 0.25) is 5.88 Å². The van der Waals surface area contributed by atoms with E-state index in [1.165, 1.54) is 5.38 Å². The van der Waals surface area contributed by atoms with Crippen LogP contribution in [0, 0.1) is 0 Å². The first-order valence-electron chi connectivity index (χ1n) is 2.57. The summed E-state index contributed by atoms with van der Waals surface area (Å²) in [5.74, 6) is -1.22. The van der Waals surface area contributed by atoms with Gasteiger partial charge in [0.25, 0.3) is 5.91 Å². The van der Waals surface area contributed by atoms with Gasteiger partial charge in [-0.05, 0) is 11.5 Å². The van der Waals surface area contributed by atoms with E-state index >= 15 is 0 Å². The van der Waals surface area contributed by atoms with Gasteiger partial charge in [0.15, 0.2) is 0 Å². The van der Waals surface area contributed by atoms with Crippen LogP contribution in [0.4, 0.5) is 4.39 Å². The van der Waals surface area contributed by atoms with Gasteiger partial charge in [0.1, 0.15) is 0 Å². The Kier molecular flexibility index (Phi) is 2.32. The third-order valence-electron chi connectivity index (χ3n) is 0.788. The van der Waals surface area contributed by atoms with Gasteiger partial charge in [-0.2, -0.15) is 4.39 Å². The average Bonchev–Trinajstić information content (AvgIpc) is 2.39. The number of aromatic nitrogens is 2. The van der Waals surface area contributed by atoms with Crippen molar-refractivity contribution in [1.29, 1.82) is 0 Å². The summed E-state index contributed by atoms with van der Waals surface area (Å²) < 4.78 is 20.0.